The van der Waals surface area contributed by atoms with Crippen LogP contribution in [-0.4, -0.2) is 50.3 Å². The van der Waals surface area contributed by atoms with E-state index in [1.165, 1.54) is 58.0 Å². The van der Waals surface area contributed by atoms with Crippen LogP contribution in [0.1, 0.15) is 56.8 Å². The van der Waals surface area contributed by atoms with Crippen LogP contribution in [0.15, 0.2) is 0 Å². The van der Waals surface area contributed by atoms with E-state index in [1.807, 2.05) is 0 Å². The van der Waals surface area contributed by atoms with Crippen molar-refractivity contribution in [3.8, 4) is 0 Å². The summed E-state index contributed by atoms with van der Waals surface area (Å²) < 4.78 is 2.06. The topological polar surface area (TPSA) is 58.9 Å². The van der Waals surface area contributed by atoms with E-state index < -0.39 is 0 Å². The molecule has 0 spiro atoms. The van der Waals surface area contributed by atoms with Crippen molar-refractivity contribution >= 4 is 0 Å². The van der Waals surface area contributed by atoms with Gasteiger partial charge < -0.3 is 5.32 Å². The highest BCUT2D eigenvalue weighted by Crippen LogP contribution is 2.35. The molecule has 3 fully saturated rings. The Morgan fingerprint density at radius 1 is 1.10 bits per heavy atom. The first-order valence-corrected chi connectivity index (χ1v) is 8.16. The lowest BCUT2D eigenvalue weighted by atomic mass is 9.94. The Morgan fingerprint density at radius 2 is 2.05 bits per heavy atom. The van der Waals surface area contributed by atoms with Crippen LogP contribution in [0.2, 0.25) is 0 Å². The molecule has 2 atom stereocenters. The molecule has 3 aliphatic rings. The van der Waals surface area contributed by atoms with Gasteiger partial charge in [0, 0.05) is 12.1 Å². The Morgan fingerprint density at radius 3 is 2.85 bits per heavy atom. The zero-order valence-corrected chi connectivity index (χ0v) is 12.0. The highest BCUT2D eigenvalue weighted by Gasteiger charge is 2.34. The van der Waals surface area contributed by atoms with Crippen LogP contribution in [0.3, 0.4) is 0 Å². The van der Waals surface area contributed by atoms with E-state index in [9.17, 15) is 0 Å². The summed E-state index contributed by atoms with van der Waals surface area (Å²) in [5, 5.41) is 16.0. The summed E-state index contributed by atoms with van der Waals surface area (Å²) in [6, 6.07) is 1.93. The van der Waals surface area contributed by atoms with Gasteiger partial charge in [0.2, 0.25) is 0 Å². The summed E-state index contributed by atoms with van der Waals surface area (Å²) in [6.45, 7) is 3.31. The Hall–Kier alpha value is -1.01. The van der Waals surface area contributed by atoms with Crippen LogP contribution in [0.25, 0.3) is 0 Å². The summed E-state index contributed by atoms with van der Waals surface area (Å²) in [4.78, 5) is 2.62. The molecule has 20 heavy (non-hydrogen) atoms. The fourth-order valence-electron chi connectivity index (χ4n) is 3.81. The first-order chi connectivity index (χ1) is 9.92. The molecule has 110 valence electrons. The van der Waals surface area contributed by atoms with Crippen LogP contribution in [0.4, 0.5) is 0 Å². The van der Waals surface area contributed by atoms with Crippen molar-refractivity contribution in [1.82, 2.24) is 30.4 Å². The number of nitrogens with zero attached hydrogens (tertiary/aromatic N) is 5. The molecule has 1 aromatic rings. The van der Waals surface area contributed by atoms with Gasteiger partial charge in [0.15, 0.2) is 5.82 Å². The van der Waals surface area contributed by atoms with E-state index in [0.29, 0.717) is 18.1 Å². The van der Waals surface area contributed by atoms with E-state index in [4.69, 9.17) is 0 Å². The number of likely N-dealkylation sites (tertiary alicyclic amines) is 1. The van der Waals surface area contributed by atoms with Crippen LogP contribution in [0, 0.1) is 0 Å². The third-order valence-electron chi connectivity index (χ3n) is 5.03. The zero-order valence-electron chi connectivity index (χ0n) is 12.0. The Kier molecular flexibility index (Phi) is 3.44. The average molecular weight is 276 g/mol. The number of rotatable bonds is 4. The van der Waals surface area contributed by atoms with Crippen LogP contribution in [0.5, 0.6) is 0 Å². The molecule has 6 nitrogen and oxygen atoms in total. The summed E-state index contributed by atoms with van der Waals surface area (Å²) in [6.07, 6.45) is 9.14. The Labute approximate surface area is 119 Å². The van der Waals surface area contributed by atoms with E-state index in [0.717, 1.165) is 12.4 Å². The molecule has 2 unspecified atom stereocenters. The van der Waals surface area contributed by atoms with Crippen LogP contribution < -0.4 is 5.32 Å². The molecular weight excluding hydrogens is 252 g/mol. The number of hydrogen-bond donors (Lipinski definition) is 1. The number of hydrogen-bond acceptors (Lipinski definition) is 5. The lowest BCUT2D eigenvalue weighted by Gasteiger charge is -2.38. The molecule has 1 aromatic heterocycles. The molecule has 1 aliphatic carbocycles. The van der Waals surface area contributed by atoms with Gasteiger partial charge in [0.05, 0.1) is 12.6 Å². The first kappa shape index (κ1) is 12.7. The molecule has 0 radical (unpaired) electrons. The predicted octanol–water partition coefficient (Wildman–Crippen LogP) is 1.11. The minimum absolute atomic E-state index is 0.577. The molecule has 1 N–H and O–H groups in total. The van der Waals surface area contributed by atoms with Crippen molar-refractivity contribution < 1.29 is 0 Å². The highest BCUT2D eigenvalue weighted by molar-refractivity contribution is 4.95. The minimum atomic E-state index is 0.577. The summed E-state index contributed by atoms with van der Waals surface area (Å²) in [5.41, 5.74) is 0. The molecule has 0 amide bonds. The van der Waals surface area contributed by atoms with Gasteiger partial charge in [0.25, 0.3) is 0 Å². The first-order valence-electron chi connectivity index (χ1n) is 8.16. The maximum atomic E-state index is 4.27. The molecule has 0 bridgehead atoms. The average Bonchev–Trinajstić information content (AvgIpc) is 3.00. The van der Waals surface area contributed by atoms with Crippen LogP contribution in [-0.2, 0) is 6.54 Å². The Bertz CT molecular complexity index is 448. The second-order valence-electron chi connectivity index (χ2n) is 6.51. The van der Waals surface area contributed by atoms with Gasteiger partial charge >= 0.3 is 0 Å². The second-order valence-corrected chi connectivity index (χ2v) is 6.51. The van der Waals surface area contributed by atoms with E-state index in [2.05, 4.69) is 30.4 Å². The van der Waals surface area contributed by atoms with E-state index in [-0.39, 0.29) is 0 Å². The normalized spacial score (nSPS) is 31.8. The van der Waals surface area contributed by atoms with Crippen LogP contribution >= 0.6 is 0 Å². The standard InChI is InChI=1S/C14H24N6/c1-2-9-19(13(5-1)12-4-3-8-15-12)10-14-16-17-18-20(14)11-6-7-11/h11-13,15H,1-10H2. The fourth-order valence-corrected chi connectivity index (χ4v) is 3.81. The van der Waals surface area contributed by atoms with Crippen molar-refractivity contribution in [1.29, 1.82) is 0 Å². The Balaban J connectivity index is 1.48. The zero-order chi connectivity index (χ0) is 13.4. The molecule has 2 saturated heterocycles. The molecule has 4 rings (SSSR count). The minimum Gasteiger partial charge on any atom is -0.312 e. The van der Waals surface area contributed by atoms with E-state index >= 15 is 0 Å². The quantitative estimate of drug-likeness (QED) is 0.893. The summed E-state index contributed by atoms with van der Waals surface area (Å²) in [5.74, 6) is 1.07. The lowest BCUT2D eigenvalue weighted by Crippen LogP contribution is -2.50. The third kappa shape index (κ3) is 2.46. The SMILES string of the molecule is C1CNC(C2CCCCN2Cc2nnnn2C2CC2)C1. The van der Waals surface area contributed by atoms with Crippen molar-refractivity contribution in [3.05, 3.63) is 5.82 Å². The number of nitrogens with one attached hydrogen (secondary N) is 1. The van der Waals surface area contributed by atoms with Gasteiger partial charge in [0.1, 0.15) is 0 Å². The number of tetrazole rings is 1. The van der Waals surface area contributed by atoms with Crippen molar-refractivity contribution in [2.45, 2.75) is 69.6 Å². The van der Waals surface area contributed by atoms with Gasteiger partial charge in [-0.25, -0.2) is 4.68 Å². The predicted molar refractivity (Wildman–Crippen MR) is 75.2 cm³/mol. The smallest absolute Gasteiger partial charge is 0.165 e. The molecule has 2 aliphatic heterocycles. The second kappa shape index (κ2) is 5.41. The van der Waals surface area contributed by atoms with Gasteiger partial charge in [-0.15, -0.1) is 5.10 Å². The molecule has 3 heterocycles. The van der Waals surface area contributed by atoms with Gasteiger partial charge in [-0.05, 0) is 62.0 Å². The van der Waals surface area contributed by atoms with Gasteiger partial charge in [-0.2, -0.15) is 0 Å². The van der Waals surface area contributed by atoms with Gasteiger partial charge in [-0.3, -0.25) is 4.90 Å². The largest absolute Gasteiger partial charge is 0.312 e. The summed E-state index contributed by atoms with van der Waals surface area (Å²) >= 11 is 0. The van der Waals surface area contributed by atoms with Gasteiger partial charge in [-0.1, -0.05) is 6.42 Å². The van der Waals surface area contributed by atoms with E-state index in [1.54, 1.807) is 0 Å². The highest BCUT2D eigenvalue weighted by atomic mass is 15.6. The van der Waals surface area contributed by atoms with Crippen molar-refractivity contribution in [3.63, 3.8) is 0 Å². The number of aromatic nitrogens is 4. The number of piperidine rings is 1. The maximum absolute atomic E-state index is 4.27. The summed E-state index contributed by atoms with van der Waals surface area (Å²) in [7, 11) is 0. The molecule has 1 saturated carbocycles. The fraction of sp³-hybridized carbons (Fsp3) is 0.929. The lowest BCUT2D eigenvalue weighted by molar-refractivity contribution is 0.107. The molecule has 0 aromatic carbocycles. The van der Waals surface area contributed by atoms with Crippen molar-refractivity contribution in [2.24, 2.45) is 0 Å². The monoisotopic (exact) mass is 276 g/mol. The molecular formula is C14H24N6. The van der Waals surface area contributed by atoms with Crippen molar-refractivity contribution in [2.75, 3.05) is 13.1 Å². The molecule has 6 heteroatoms. The third-order valence-corrected chi connectivity index (χ3v) is 5.03. The maximum Gasteiger partial charge on any atom is 0.165 e.